The number of carbonyl (C=O) groups excluding carboxylic acids is 1. The third-order valence-corrected chi connectivity index (χ3v) is 3.82. The molecule has 2 heterocycles. The molecule has 146 valence electrons. The summed E-state index contributed by atoms with van der Waals surface area (Å²) in [6.45, 7) is 0.908. The normalized spacial score (nSPS) is 19.4. The van der Waals surface area contributed by atoms with Gasteiger partial charge in [0.25, 0.3) is 12.3 Å². The van der Waals surface area contributed by atoms with Crippen molar-refractivity contribution in [3.63, 3.8) is 0 Å². The van der Waals surface area contributed by atoms with Gasteiger partial charge in [0.2, 0.25) is 0 Å². The summed E-state index contributed by atoms with van der Waals surface area (Å²) in [6.07, 6.45) is -1.92. The summed E-state index contributed by atoms with van der Waals surface area (Å²) in [6, 6.07) is 3.28. The van der Waals surface area contributed by atoms with Gasteiger partial charge in [-0.2, -0.15) is 0 Å². The number of nitrogens with zero attached hydrogens (tertiary/aromatic N) is 2. The highest BCUT2D eigenvalue weighted by Crippen LogP contribution is 2.37. The summed E-state index contributed by atoms with van der Waals surface area (Å²) in [5.74, 6) is -1.42. The van der Waals surface area contributed by atoms with E-state index in [0.717, 1.165) is 18.4 Å². The molecule has 0 aliphatic carbocycles. The van der Waals surface area contributed by atoms with E-state index in [0.29, 0.717) is 0 Å². The lowest BCUT2D eigenvalue weighted by Crippen LogP contribution is -2.45. The summed E-state index contributed by atoms with van der Waals surface area (Å²) in [5, 5.41) is 2.45. The quantitative estimate of drug-likeness (QED) is 0.815. The number of anilines is 1. The number of carbonyl (C=O) groups is 1. The highest BCUT2D eigenvalue weighted by molar-refractivity contribution is 6.02. The van der Waals surface area contributed by atoms with Crippen LogP contribution in [0.4, 0.5) is 18.9 Å². The van der Waals surface area contributed by atoms with Crippen LogP contribution in [-0.4, -0.2) is 36.4 Å². The number of halogens is 4. The van der Waals surface area contributed by atoms with E-state index in [9.17, 15) is 18.0 Å². The van der Waals surface area contributed by atoms with Crippen LogP contribution in [0.5, 0.6) is 0 Å². The number of oxazole rings is 1. The average Bonchev–Trinajstić information content (AvgIpc) is 3.03. The molecular weight excluding hydrogens is 389 g/mol. The number of aryl methyl sites for hydroxylation is 1. The number of ether oxygens (including phenoxy) is 1. The van der Waals surface area contributed by atoms with Gasteiger partial charge in [-0.05, 0) is 18.2 Å². The van der Waals surface area contributed by atoms with E-state index in [4.69, 9.17) is 14.9 Å². The van der Waals surface area contributed by atoms with Crippen LogP contribution in [0.1, 0.15) is 21.9 Å². The zero-order chi connectivity index (χ0) is 18.9. The minimum Gasteiger partial charge on any atom is -0.448 e. The number of nitrogens with two attached hydrogens (primary N) is 1. The smallest absolute Gasteiger partial charge is 0.277 e. The number of amidine groups is 1. The Morgan fingerprint density at radius 1 is 1.41 bits per heavy atom. The minimum atomic E-state index is -3.07. The van der Waals surface area contributed by atoms with Gasteiger partial charge >= 0.3 is 0 Å². The number of nitrogens with one attached hydrogen (secondary N) is 1. The maximum absolute atomic E-state index is 14.3. The maximum Gasteiger partial charge on any atom is 0.277 e. The molecule has 1 aliphatic rings. The van der Waals surface area contributed by atoms with E-state index in [1.807, 2.05) is 0 Å². The Balaban J connectivity index is 0.00000261. The molecule has 1 aromatic carbocycles. The molecule has 0 radical (unpaired) electrons. The van der Waals surface area contributed by atoms with Crippen molar-refractivity contribution >= 4 is 29.8 Å². The Kier molecular flexibility index (Phi) is 6.11. The maximum atomic E-state index is 14.3. The zero-order valence-corrected chi connectivity index (χ0v) is 14.9. The van der Waals surface area contributed by atoms with Crippen LogP contribution in [0.2, 0.25) is 0 Å². The first-order valence-electron chi connectivity index (χ1n) is 7.55. The third-order valence-electron chi connectivity index (χ3n) is 3.82. The first-order chi connectivity index (χ1) is 12.3. The number of hydrogen-bond donors (Lipinski definition) is 2. The summed E-state index contributed by atoms with van der Waals surface area (Å²) in [4.78, 5) is 19.7. The molecule has 1 aliphatic heterocycles. The molecule has 7 nitrogen and oxygen atoms in total. The molecule has 2 aromatic rings. The molecule has 0 fully saturated rings. The number of amides is 1. The molecule has 27 heavy (non-hydrogen) atoms. The van der Waals surface area contributed by atoms with Gasteiger partial charge in [0, 0.05) is 18.2 Å². The largest absolute Gasteiger partial charge is 0.448 e. The van der Waals surface area contributed by atoms with Crippen LogP contribution >= 0.6 is 12.4 Å². The molecule has 1 atom stereocenters. The van der Waals surface area contributed by atoms with Crippen LogP contribution in [0.3, 0.4) is 0 Å². The van der Waals surface area contributed by atoms with Gasteiger partial charge in [0.1, 0.15) is 24.5 Å². The van der Waals surface area contributed by atoms with Gasteiger partial charge in [-0.3, -0.25) is 9.79 Å². The van der Waals surface area contributed by atoms with Crippen molar-refractivity contribution in [2.24, 2.45) is 10.7 Å². The summed E-state index contributed by atoms with van der Waals surface area (Å²) in [7, 11) is 0. The number of hydrogen-bond acceptors (Lipinski definition) is 6. The molecule has 1 amide bonds. The lowest BCUT2D eigenvalue weighted by molar-refractivity contribution is -0.0145. The topological polar surface area (TPSA) is 103 Å². The lowest BCUT2D eigenvalue weighted by atomic mass is 9.90. The predicted molar refractivity (Wildman–Crippen MR) is 93.0 cm³/mol. The molecule has 0 saturated heterocycles. The Hall–Kier alpha value is -2.59. The van der Waals surface area contributed by atoms with Crippen molar-refractivity contribution < 1.29 is 27.1 Å². The molecule has 0 spiro atoms. The van der Waals surface area contributed by atoms with Crippen LogP contribution in [0.25, 0.3) is 0 Å². The predicted octanol–water partition coefficient (Wildman–Crippen LogP) is 2.64. The van der Waals surface area contributed by atoms with E-state index in [1.165, 1.54) is 6.07 Å². The fourth-order valence-corrected chi connectivity index (χ4v) is 2.60. The van der Waals surface area contributed by atoms with Crippen LogP contribution < -0.4 is 11.1 Å². The van der Waals surface area contributed by atoms with Crippen molar-refractivity contribution in [1.29, 1.82) is 0 Å². The highest BCUT2D eigenvalue weighted by atomic mass is 35.5. The molecule has 0 bridgehead atoms. The lowest BCUT2D eigenvalue weighted by Gasteiger charge is -2.33. The molecule has 3 rings (SSSR count). The van der Waals surface area contributed by atoms with E-state index in [2.05, 4.69) is 15.3 Å². The van der Waals surface area contributed by atoms with Gasteiger partial charge in [-0.25, -0.2) is 18.2 Å². The average molecular weight is 405 g/mol. The van der Waals surface area contributed by atoms with E-state index in [1.54, 1.807) is 6.92 Å². The Morgan fingerprint density at radius 3 is 2.74 bits per heavy atom. The number of benzene rings is 1. The molecule has 0 saturated carbocycles. The van der Waals surface area contributed by atoms with E-state index < -0.39 is 35.9 Å². The van der Waals surface area contributed by atoms with Crippen LogP contribution in [0.15, 0.2) is 33.9 Å². The van der Waals surface area contributed by atoms with Crippen molar-refractivity contribution in [2.75, 3.05) is 18.5 Å². The zero-order valence-electron chi connectivity index (χ0n) is 14.0. The second-order valence-corrected chi connectivity index (χ2v) is 5.72. The molecular formula is C16H16ClF3N4O3. The number of aromatic nitrogens is 1. The van der Waals surface area contributed by atoms with Crippen LogP contribution in [-0.2, 0) is 10.3 Å². The highest BCUT2D eigenvalue weighted by Gasteiger charge is 2.46. The molecule has 3 N–H and O–H groups in total. The number of rotatable bonds is 4. The summed E-state index contributed by atoms with van der Waals surface area (Å²) >= 11 is 0. The second kappa shape index (κ2) is 7.97. The second-order valence-electron chi connectivity index (χ2n) is 5.72. The van der Waals surface area contributed by atoms with E-state index >= 15 is 0 Å². The standard InChI is InChI=1S/C16H15F3N4O3.ClH/c1-8-21-12(5-26-8)14(24)22-9-2-3-11(17)10(4-9)16(15(18)19)7-25-6-13(20)23-16;/h2-5,15H,6-7H2,1H3,(H2,20,23)(H,22,24);1H/t16-;/m0./s1. The van der Waals surface area contributed by atoms with Gasteiger partial charge in [-0.15, -0.1) is 12.4 Å². The molecule has 1 aromatic heterocycles. The van der Waals surface area contributed by atoms with Gasteiger partial charge in [0.15, 0.2) is 17.1 Å². The SMILES string of the molecule is Cc1nc(C(=O)Nc2ccc(F)c([C@]3(C(F)F)COCC(N)=N3)c2)co1.Cl. The third kappa shape index (κ3) is 4.06. The summed E-state index contributed by atoms with van der Waals surface area (Å²) < 4.78 is 51.8. The Labute approximate surface area is 158 Å². The van der Waals surface area contributed by atoms with Gasteiger partial charge in [-0.1, -0.05) is 0 Å². The van der Waals surface area contributed by atoms with Crippen molar-refractivity contribution in [3.05, 3.63) is 47.4 Å². The Bertz CT molecular complexity index is 874. The minimum absolute atomic E-state index is 0. The van der Waals surface area contributed by atoms with Crippen molar-refractivity contribution in [2.45, 2.75) is 18.9 Å². The van der Waals surface area contributed by atoms with Crippen LogP contribution in [0, 0.1) is 12.7 Å². The number of aliphatic imine (C=N–C) groups is 1. The molecule has 11 heteroatoms. The molecule has 0 unspecified atom stereocenters. The monoisotopic (exact) mass is 404 g/mol. The fourth-order valence-electron chi connectivity index (χ4n) is 2.60. The first-order valence-corrected chi connectivity index (χ1v) is 7.55. The van der Waals surface area contributed by atoms with Crippen molar-refractivity contribution in [1.82, 2.24) is 4.98 Å². The Morgan fingerprint density at radius 2 is 2.15 bits per heavy atom. The number of alkyl halides is 2. The van der Waals surface area contributed by atoms with E-state index in [-0.39, 0.29) is 42.1 Å². The van der Waals surface area contributed by atoms with Gasteiger partial charge < -0.3 is 20.2 Å². The van der Waals surface area contributed by atoms with Gasteiger partial charge in [0.05, 0.1) is 6.61 Å². The first kappa shape index (κ1) is 20.7. The summed E-state index contributed by atoms with van der Waals surface area (Å²) in [5.41, 5.74) is 2.90. The van der Waals surface area contributed by atoms with Crippen molar-refractivity contribution in [3.8, 4) is 0 Å². The fraction of sp³-hybridized carbons (Fsp3) is 0.312.